The van der Waals surface area contributed by atoms with Gasteiger partial charge in [-0.3, -0.25) is 4.90 Å². The number of aromatic nitrogens is 4. The predicted molar refractivity (Wildman–Crippen MR) is 91.8 cm³/mol. The molecule has 2 aromatic heterocycles. The highest BCUT2D eigenvalue weighted by atomic mass is 16.5. The van der Waals surface area contributed by atoms with E-state index in [1.807, 2.05) is 13.3 Å². The summed E-state index contributed by atoms with van der Waals surface area (Å²) in [5.74, 6) is 1.92. The van der Waals surface area contributed by atoms with Crippen LogP contribution in [0.5, 0.6) is 0 Å². The zero-order valence-electron chi connectivity index (χ0n) is 14.5. The van der Waals surface area contributed by atoms with Crippen molar-refractivity contribution in [2.75, 3.05) is 13.1 Å². The van der Waals surface area contributed by atoms with Gasteiger partial charge in [0, 0.05) is 19.0 Å². The van der Waals surface area contributed by atoms with Crippen LogP contribution in [-0.2, 0) is 6.67 Å². The molecule has 0 bridgehead atoms. The van der Waals surface area contributed by atoms with Gasteiger partial charge in [0.1, 0.15) is 0 Å². The Morgan fingerprint density at radius 3 is 2.58 bits per heavy atom. The lowest BCUT2D eigenvalue weighted by molar-refractivity contribution is 0.160. The second-order valence-electron chi connectivity index (χ2n) is 6.85. The van der Waals surface area contributed by atoms with E-state index in [2.05, 4.69) is 50.6 Å². The molecule has 6 heteroatoms. The lowest BCUT2D eigenvalue weighted by Gasteiger charge is -2.30. The number of fused-ring (bicyclic) bond motifs is 1. The molecule has 0 amide bonds. The summed E-state index contributed by atoms with van der Waals surface area (Å²) < 4.78 is 7.58. The van der Waals surface area contributed by atoms with Crippen molar-refractivity contribution in [1.82, 2.24) is 24.6 Å². The summed E-state index contributed by atoms with van der Waals surface area (Å²) in [6.45, 7) is 9.12. The second-order valence-corrected chi connectivity index (χ2v) is 6.85. The minimum atomic E-state index is 0.395. The highest BCUT2D eigenvalue weighted by Gasteiger charge is 2.25. The van der Waals surface area contributed by atoms with Crippen LogP contribution in [-0.4, -0.2) is 37.7 Å². The van der Waals surface area contributed by atoms with Crippen molar-refractivity contribution in [1.29, 1.82) is 0 Å². The number of likely N-dealkylation sites (tertiary alicyclic amines) is 1. The third kappa shape index (κ3) is 2.82. The van der Waals surface area contributed by atoms with Gasteiger partial charge in [0.05, 0.1) is 24.0 Å². The van der Waals surface area contributed by atoms with Gasteiger partial charge in [0.15, 0.2) is 5.82 Å². The predicted octanol–water partition coefficient (Wildman–Crippen LogP) is 3.18. The zero-order chi connectivity index (χ0) is 16.7. The molecule has 1 aromatic carbocycles. The summed E-state index contributed by atoms with van der Waals surface area (Å²) in [4.78, 5) is 11.4. The smallest absolute Gasteiger partial charge is 0.229 e. The van der Waals surface area contributed by atoms with Crippen LogP contribution < -0.4 is 0 Å². The van der Waals surface area contributed by atoms with Gasteiger partial charge in [-0.1, -0.05) is 5.16 Å². The minimum absolute atomic E-state index is 0.395. The van der Waals surface area contributed by atoms with Gasteiger partial charge >= 0.3 is 0 Å². The molecule has 0 saturated carbocycles. The average Bonchev–Trinajstić information content (AvgIpc) is 3.16. The third-order valence-electron chi connectivity index (χ3n) is 5.07. The van der Waals surface area contributed by atoms with Crippen LogP contribution in [0, 0.1) is 20.8 Å². The summed E-state index contributed by atoms with van der Waals surface area (Å²) in [6, 6.07) is 4.41. The molecular weight excluding hydrogens is 302 g/mol. The van der Waals surface area contributed by atoms with Gasteiger partial charge < -0.3 is 9.09 Å². The first-order valence-corrected chi connectivity index (χ1v) is 8.55. The van der Waals surface area contributed by atoms with E-state index in [1.54, 1.807) is 0 Å². The molecule has 24 heavy (non-hydrogen) atoms. The molecule has 0 radical (unpaired) electrons. The Hall–Kier alpha value is -2.21. The molecule has 0 aliphatic carbocycles. The summed E-state index contributed by atoms with van der Waals surface area (Å²) in [7, 11) is 0. The maximum Gasteiger partial charge on any atom is 0.229 e. The molecule has 0 atom stereocenters. The van der Waals surface area contributed by atoms with Crippen LogP contribution in [0.3, 0.4) is 0 Å². The lowest BCUT2D eigenvalue weighted by atomic mass is 9.97. The Labute approximate surface area is 141 Å². The van der Waals surface area contributed by atoms with Crippen molar-refractivity contribution in [2.45, 2.75) is 46.2 Å². The number of imidazole rings is 1. The number of piperidine rings is 1. The van der Waals surface area contributed by atoms with Gasteiger partial charge in [0.2, 0.25) is 5.89 Å². The van der Waals surface area contributed by atoms with Crippen molar-refractivity contribution in [3.63, 3.8) is 0 Å². The Morgan fingerprint density at radius 1 is 1.12 bits per heavy atom. The van der Waals surface area contributed by atoms with Crippen molar-refractivity contribution in [3.8, 4) is 0 Å². The van der Waals surface area contributed by atoms with Crippen LogP contribution in [0.2, 0.25) is 0 Å². The van der Waals surface area contributed by atoms with Crippen molar-refractivity contribution < 1.29 is 4.52 Å². The Morgan fingerprint density at radius 2 is 1.88 bits per heavy atom. The number of benzene rings is 1. The molecule has 6 nitrogen and oxygen atoms in total. The number of rotatable bonds is 3. The summed E-state index contributed by atoms with van der Waals surface area (Å²) in [5.41, 5.74) is 4.90. The third-order valence-corrected chi connectivity index (χ3v) is 5.07. The fraction of sp³-hybridized carbons (Fsp3) is 0.500. The molecule has 126 valence electrons. The van der Waals surface area contributed by atoms with E-state index in [9.17, 15) is 0 Å². The first kappa shape index (κ1) is 15.3. The van der Waals surface area contributed by atoms with Crippen molar-refractivity contribution in [2.24, 2.45) is 0 Å². The van der Waals surface area contributed by atoms with E-state index in [-0.39, 0.29) is 0 Å². The summed E-state index contributed by atoms with van der Waals surface area (Å²) >= 11 is 0. The Bertz CT molecular complexity index is 858. The van der Waals surface area contributed by atoms with E-state index in [1.165, 1.54) is 16.6 Å². The van der Waals surface area contributed by atoms with Gasteiger partial charge in [0.25, 0.3) is 0 Å². The average molecular weight is 325 g/mol. The molecule has 0 unspecified atom stereocenters. The standard InChI is InChI=1S/C18H23N5O/c1-12-8-16-17(9-13(12)2)23(10-19-16)11-22-6-4-15(5-7-22)18-20-14(3)21-24-18/h8-10,15H,4-7,11H2,1-3H3. The molecule has 3 heterocycles. The normalized spacial score (nSPS) is 17.0. The van der Waals surface area contributed by atoms with E-state index in [0.29, 0.717) is 5.92 Å². The SMILES string of the molecule is Cc1noc(C2CCN(Cn3cnc4cc(C)c(C)cc43)CC2)n1. The van der Waals surface area contributed by atoms with E-state index in [4.69, 9.17) is 4.52 Å². The number of hydrogen-bond acceptors (Lipinski definition) is 5. The Balaban J connectivity index is 1.45. The summed E-state index contributed by atoms with van der Waals surface area (Å²) in [6.07, 6.45) is 4.08. The fourth-order valence-corrected chi connectivity index (χ4v) is 3.44. The molecule has 4 rings (SSSR count). The maximum absolute atomic E-state index is 5.33. The van der Waals surface area contributed by atoms with Gasteiger partial charge in [-0.15, -0.1) is 0 Å². The largest absolute Gasteiger partial charge is 0.339 e. The molecule has 0 N–H and O–H groups in total. The first-order valence-electron chi connectivity index (χ1n) is 8.55. The molecule has 0 spiro atoms. The number of hydrogen-bond donors (Lipinski definition) is 0. The molecular formula is C18H23N5O. The molecule has 3 aromatic rings. The number of aryl methyl sites for hydroxylation is 3. The molecule has 1 fully saturated rings. The van der Waals surface area contributed by atoms with Crippen molar-refractivity contribution in [3.05, 3.63) is 41.3 Å². The van der Waals surface area contributed by atoms with Gasteiger partial charge in [-0.25, -0.2) is 4.98 Å². The van der Waals surface area contributed by atoms with Gasteiger partial charge in [-0.2, -0.15) is 4.98 Å². The molecule has 1 aliphatic heterocycles. The molecule has 1 saturated heterocycles. The minimum Gasteiger partial charge on any atom is -0.339 e. The lowest BCUT2D eigenvalue weighted by Crippen LogP contribution is -2.34. The zero-order valence-corrected chi connectivity index (χ0v) is 14.5. The molecule has 1 aliphatic rings. The highest BCUT2D eigenvalue weighted by Crippen LogP contribution is 2.27. The van der Waals surface area contributed by atoms with E-state index in [0.717, 1.165) is 49.8 Å². The highest BCUT2D eigenvalue weighted by molar-refractivity contribution is 5.77. The first-order chi connectivity index (χ1) is 11.6. The fourth-order valence-electron chi connectivity index (χ4n) is 3.44. The van der Waals surface area contributed by atoms with E-state index >= 15 is 0 Å². The monoisotopic (exact) mass is 325 g/mol. The van der Waals surface area contributed by atoms with Crippen LogP contribution in [0.25, 0.3) is 11.0 Å². The van der Waals surface area contributed by atoms with Crippen LogP contribution >= 0.6 is 0 Å². The van der Waals surface area contributed by atoms with Crippen molar-refractivity contribution >= 4 is 11.0 Å². The van der Waals surface area contributed by atoms with E-state index < -0.39 is 0 Å². The quantitative estimate of drug-likeness (QED) is 0.740. The topological polar surface area (TPSA) is 60.0 Å². The van der Waals surface area contributed by atoms with Gasteiger partial charge in [-0.05, 0) is 56.9 Å². The maximum atomic E-state index is 5.33. The summed E-state index contributed by atoms with van der Waals surface area (Å²) in [5, 5.41) is 3.91. The van der Waals surface area contributed by atoms with Crippen LogP contribution in [0.4, 0.5) is 0 Å². The van der Waals surface area contributed by atoms with Crippen LogP contribution in [0.15, 0.2) is 23.0 Å². The Kier molecular flexibility index (Phi) is 3.84. The number of nitrogens with zero attached hydrogens (tertiary/aromatic N) is 5. The second kappa shape index (κ2) is 6.02. The van der Waals surface area contributed by atoms with Crippen LogP contribution in [0.1, 0.15) is 41.6 Å².